The minimum Gasteiger partial charge on any atom is -0.372 e. The molecule has 7 heteroatoms. The van der Waals surface area contributed by atoms with Crippen LogP contribution >= 0.6 is 0 Å². The summed E-state index contributed by atoms with van der Waals surface area (Å²) in [4.78, 5) is 41.8. The van der Waals surface area contributed by atoms with E-state index in [1.165, 1.54) is 19.3 Å². The van der Waals surface area contributed by atoms with Crippen molar-refractivity contribution in [3.8, 4) is 0 Å². The van der Waals surface area contributed by atoms with Crippen LogP contribution in [0.3, 0.4) is 0 Å². The highest BCUT2D eigenvalue weighted by Crippen LogP contribution is 2.31. The highest BCUT2D eigenvalue weighted by atomic mass is 16.2. The van der Waals surface area contributed by atoms with Gasteiger partial charge in [-0.2, -0.15) is 0 Å². The van der Waals surface area contributed by atoms with E-state index in [0.717, 1.165) is 29.2 Å². The fourth-order valence-corrected chi connectivity index (χ4v) is 4.59. The summed E-state index contributed by atoms with van der Waals surface area (Å²) in [5.41, 5.74) is 2.38. The Morgan fingerprint density at radius 1 is 0.971 bits per heavy atom. The molecule has 0 bridgehead atoms. The summed E-state index contributed by atoms with van der Waals surface area (Å²) >= 11 is 0. The Bertz CT molecular complexity index is 1070. The van der Waals surface area contributed by atoms with E-state index >= 15 is 0 Å². The van der Waals surface area contributed by atoms with E-state index in [4.69, 9.17) is 0 Å². The maximum Gasteiger partial charge on any atom is 0.325 e. The average molecular weight is 463 g/mol. The van der Waals surface area contributed by atoms with Crippen LogP contribution in [-0.4, -0.2) is 42.4 Å². The van der Waals surface area contributed by atoms with Gasteiger partial charge in [0, 0.05) is 24.5 Å². The topological polar surface area (TPSA) is 81.8 Å². The zero-order valence-electron chi connectivity index (χ0n) is 20.5. The molecule has 0 aromatic heterocycles. The Labute approximate surface area is 201 Å². The molecule has 0 aliphatic carbocycles. The minimum absolute atomic E-state index is 0.0154. The monoisotopic (exact) mass is 462 g/mol. The molecule has 7 nitrogen and oxygen atoms in total. The number of amides is 4. The van der Waals surface area contributed by atoms with E-state index in [2.05, 4.69) is 36.3 Å². The van der Waals surface area contributed by atoms with Crippen molar-refractivity contribution in [1.29, 1.82) is 0 Å². The van der Waals surface area contributed by atoms with E-state index in [0.29, 0.717) is 11.3 Å². The van der Waals surface area contributed by atoms with E-state index in [1.54, 1.807) is 6.92 Å². The number of carbonyl (C=O) groups is 3. The fourth-order valence-electron chi connectivity index (χ4n) is 4.59. The number of carbonyl (C=O) groups excluding carboxylic acids is 3. The number of urea groups is 1. The highest BCUT2D eigenvalue weighted by Gasteiger charge is 2.49. The maximum atomic E-state index is 13.2. The van der Waals surface area contributed by atoms with Gasteiger partial charge in [0.1, 0.15) is 12.1 Å². The lowest BCUT2D eigenvalue weighted by molar-refractivity contribution is -0.133. The standard InChI is InChI=1S/C27H34N4O3/c1-26(2,3)19-8-10-20(11-9-19)27(4)24(33)31(25(34)29-27)18-23(32)28-21-12-14-22(15-13-21)30-16-6-5-7-17-30/h8-15H,5-7,16-18H2,1-4H3,(H,28,32)(H,29,34). The first-order valence-electron chi connectivity index (χ1n) is 12.0. The molecule has 2 fully saturated rings. The lowest BCUT2D eigenvalue weighted by atomic mass is 9.84. The zero-order chi connectivity index (χ0) is 24.5. The molecule has 4 rings (SSSR count). The van der Waals surface area contributed by atoms with Gasteiger partial charge in [-0.15, -0.1) is 0 Å². The van der Waals surface area contributed by atoms with Crippen LogP contribution in [0.2, 0.25) is 0 Å². The van der Waals surface area contributed by atoms with Crippen LogP contribution in [0.4, 0.5) is 16.2 Å². The maximum absolute atomic E-state index is 13.2. The van der Waals surface area contributed by atoms with E-state index in [1.807, 2.05) is 48.5 Å². The summed E-state index contributed by atoms with van der Waals surface area (Å²) in [7, 11) is 0. The predicted octanol–water partition coefficient (Wildman–Crippen LogP) is 4.38. The van der Waals surface area contributed by atoms with Crippen LogP contribution in [-0.2, 0) is 20.5 Å². The molecule has 4 amide bonds. The van der Waals surface area contributed by atoms with Crippen molar-refractivity contribution < 1.29 is 14.4 Å². The van der Waals surface area contributed by atoms with Crippen LogP contribution in [0.15, 0.2) is 48.5 Å². The summed E-state index contributed by atoms with van der Waals surface area (Å²) in [5.74, 6) is -0.849. The Balaban J connectivity index is 1.40. The van der Waals surface area contributed by atoms with E-state index < -0.39 is 23.4 Å². The molecule has 1 unspecified atom stereocenters. The molecule has 2 aromatic carbocycles. The Kier molecular flexibility index (Phi) is 6.39. The van der Waals surface area contributed by atoms with Crippen molar-refractivity contribution in [2.24, 2.45) is 0 Å². The van der Waals surface area contributed by atoms with E-state index in [-0.39, 0.29) is 12.0 Å². The molecular formula is C27H34N4O3. The number of piperidine rings is 1. The molecule has 0 saturated carbocycles. The Hall–Kier alpha value is -3.35. The van der Waals surface area contributed by atoms with Gasteiger partial charge in [-0.1, -0.05) is 45.0 Å². The van der Waals surface area contributed by atoms with Gasteiger partial charge in [-0.05, 0) is 67.0 Å². The van der Waals surface area contributed by atoms with Crippen LogP contribution in [0.25, 0.3) is 0 Å². The SMILES string of the molecule is CC(C)(C)c1ccc(C2(C)NC(=O)N(CC(=O)Nc3ccc(N4CCCCC4)cc3)C2=O)cc1. The third kappa shape index (κ3) is 4.79. The van der Waals surface area contributed by atoms with Gasteiger partial charge < -0.3 is 15.5 Å². The van der Waals surface area contributed by atoms with Crippen molar-refractivity contribution in [2.45, 2.75) is 57.9 Å². The fraction of sp³-hybridized carbons (Fsp3) is 0.444. The lowest BCUT2D eigenvalue weighted by Gasteiger charge is -2.28. The Morgan fingerprint density at radius 2 is 1.59 bits per heavy atom. The van der Waals surface area contributed by atoms with Gasteiger partial charge in [-0.3, -0.25) is 14.5 Å². The van der Waals surface area contributed by atoms with E-state index in [9.17, 15) is 14.4 Å². The number of anilines is 2. The van der Waals surface area contributed by atoms with Crippen LogP contribution < -0.4 is 15.5 Å². The van der Waals surface area contributed by atoms with Gasteiger partial charge in [-0.25, -0.2) is 4.79 Å². The lowest BCUT2D eigenvalue weighted by Crippen LogP contribution is -2.42. The second kappa shape index (κ2) is 9.12. The Morgan fingerprint density at radius 3 is 2.18 bits per heavy atom. The molecule has 0 radical (unpaired) electrons. The summed E-state index contributed by atoms with van der Waals surface area (Å²) in [5, 5.41) is 5.57. The van der Waals surface area contributed by atoms with Gasteiger partial charge in [0.2, 0.25) is 5.91 Å². The van der Waals surface area contributed by atoms with Gasteiger partial charge in [0.25, 0.3) is 5.91 Å². The number of rotatable bonds is 5. The van der Waals surface area contributed by atoms with Crippen molar-refractivity contribution >= 4 is 29.2 Å². The molecule has 2 heterocycles. The first-order chi connectivity index (χ1) is 16.1. The summed E-state index contributed by atoms with van der Waals surface area (Å²) < 4.78 is 0. The molecule has 180 valence electrons. The third-order valence-electron chi connectivity index (χ3n) is 6.78. The number of nitrogens with one attached hydrogen (secondary N) is 2. The third-order valence-corrected chi connectivity index (χ3v) is 6.78. The molecule has 2 aliphatic rings. The van der Waals surface area contributed by atoms with Crippen molar-refractivity contribution in [3.63, 3.8) is 0 Å². The molecular weight excluding hydrogens is 428 g/mol. The minimum atomic E-state index is -1.20. The van der Waals surface area contributed by atoms with Crippen LogP contribution in [0.1, 0.15) is 58.1 Å². The zero-order valence-corrected chi connectivity index (χ0v) is 20.5. The van der Waals surface area contributed by atoms with Gasteiger partial charge >= 0.3 is 6.03 Å². The molecule has 2 aromatic rings. The summed E-state index contributed by atoms with van der Waals surface area (Å²) in [6.45, 7) is 9.80. The first kappa shape index (κ1) is 23.8. The molecule has 2 N–H and O–H groups in total. The van der Waals surface area contributed by atoms with Crippen molar-refractivity contribution in [3.05, 3.63) is 59.7 Å². The largest absolute Gasteiger partial charge is 0.372 e. The highest BCUT2D eigenvalue weighted by molar-refractivity contribution is 6.10. The molecule has 34 heavy (non-hydrogen) atoms. The van der Waals surface area contributed by atoms with Crippen molar-refractivity contribution in [2.75, 3.05) is 29.9 Å². The number of nitrogens with zero attached hydrogens (tertiary/aromatic N) is 2. The van der Waals surface area contributed by atoms with Crippen LogP contribution in [0.5, 0.6) is 0 Å². The van der Waals surface area contributed by atoms with Crippen LogP contribution in [0, 0.1) is 0 Å². The smallest absolute Gasteiger partial charge is 0.325 e. The summed E-state index contributed by atoms with van der Waals surface area (Å²) in [6, 6.07) is 14.8. The number of imide groups is 1. The van der Waals surface area contributed by atoms with Crippen molar-refractivity contribution in [1.82, 2.24) is 10.2 Å². The van der Waals surface area contributed by atoms with Gasteiger partial charge in [0.05, 0.1) is 0 Å². The molecule has 1 atom stereocenters. The average Bonchev–Trinajstić information content (AvgIpc) is 3.03. The molecule has 2 saturated heterocycles. The normalized spacial score (nSPS) is 20.9. The second-order valence-electron chi connectivity index (χ2n) is 10.4. The number of hydrogen-bond donors (Lipinski definition) is 2. The van der Waals surface area contributed by atoms with Gasteiger partial charge in [0.15, 0.2) is 0 Å². The summed E-state index contributed by atoms with van der Waals surface area (Å²) in [6.07, 6.45) is 3.67. The predicted molar refractivity (Wildman–Crippen MR) is 134 cm³/mol. The second-order valence-corrected chi connectivity index (χ2v) is 10.4. The molecule has 2 aliphatic heterocycles. The first-order valence-corrected chi connectivity index (χ1v) is 12.0. The molecule has 0 spiro atoms. The quantitative estimate of drug-likeness (QED) is 0.646. The number of hydrogen-bond acceptors (Lipinski definition) is 4. The number of benzene rings is 2.